The summed E-state index contributed by atoms with van der Waals surface area (Å²) >= 11 is 0. The van der Waals surface area contributed by atoms with E-state index in [0.717, 1.165) is 12.1 Å². The van der Waals surface area contributed by atoms with Crippen LogP contribution in [0.5, 0.6) is 0 Å². The van der Waals surface area contributed by atoms with Crippen LogP contribution in [0, 0.1) is 11.7 Å². The van der Waals surface area contributed by atoms with Crippen LogP contribution >= 0.6 is 0 Å². The van der Waals surface area contributed by atoms with E-state index in [9.17, 15) is 4.39 Å². The number of hydrogen-bond acceptors (Lipinski definition) is 2. The van der Waals surface area contributed by atoms with Crippen LogP contribution in [-0.4, -0.2) is 5.71 Å². The lowest BCUT2D eigenvalue weighted by atomic mass is 9.99. The van der Waals surface area contributed by atoms with Gasteiger partial charge in [-0.3, -0.25) is 0 Å². The van der Waals surface area contributed by atoms with Gasteiger partial charge in [0, 0.05) is 11.5 Å². The fourth-order valence-electron chi connectivity index (χ4n) is 3.04. The van der Waals surface area contributed by atoms with Crippen molar-refractivity contribution in [2.24, 2.45) is 11.1 Å². The van der Waals surface area contributed by atoms with E-state index in [1.807, 2.05) is 6.92 Å². The number of nitrogens with zero attached hydrogens (tertiary/aromatic N) is 1. The molecular weight excluding hydrogens is 301 g/mol. The average molecular weight is 325 g/mol. The summed E-state index contributed by atoms with van der Waals surface area (Å²) in [5.74, 6) is 1.28. The zero-order chi connectivity index (χ0) is 17.1. The van der Waals surface area contributed by atoms with Crippen molar-refractivity contribution in [2.45, 2.75) is 45.6 Å². The second kappa shape index (κ2) is 7.16. The van der Waals surface area contributed by atoms with Crippen LogP contribution in [0.1, 0.15) is 55.7 Å². The highest BCUT2D eigenvalue weighted by molar-refractivity contribution is 5.87. The molecule has 0 aromatic heterocycles. The van der Waals surface area contributed by atoms with Crippen molar-refractivity contribution in [1.29, 1.82) is 0 Å². The lowest BCUT2D eigenvalue weighted by Crippen LogP contribution is -2.00. The van der Waals surface area contributed by atoms with Gasteiger partial charge in [0.05, 0.1) is 5.71 Å². The SMILES string of the molecule is C/C(=N\OCc1ccccc1F)C1CC1c1ccc(C(C)C)cc1. The Morgan fingerprint density at radius 2 is 1.88 bits per heavy atom. The Morgan fingerprint density at radius 1 is 1.17 bits per heavy atom. The zero-order valence-electron chi connectivity index (χ0n) is 14.5. The number of halogens is 1. The van der Waals surface area contributed by atoms with E-state index in [1.54, 1.807) is 18.2 Å². The van der Waals surface area contributed by atoms with Gasteiger partial charge in [0.2, 0.25) is 0 Å². The van der Waals surface area contributed by atoms with E-state index in [0.29, 0.717) is 23.3 Å². The van der Waals surface area contributed by atoms with E-state index < -0.39 is 0 Å². The van der Waals surface area contributed by atoms with Crippen LogP contribution in [0.25, 0.3) is 0 Å². The fourth-order valence-corrected chi connectivity index (χ4v) is 3.04. The molecule has 3 heteroatoms. The number of hydrogen-bond donors (Lipinski definition) is 0. The zero-order valence-corrected chi connectivity index (χ0v) is 14.5. The Balaban J connectivity index is 1.55. The molecule has 0 radical (unpaired) electrons. The first-order chi connectivity index (χ1) is 11.6. The molecule has 2 unspecified atom stereocenters. The third kappa shape index (κ3) is 3.84. The smallest absolute Gasteiger partial charge is 0.145 e. The Kier molecular flexibility index (Phi) is 4.98. The molecule has 0 amide bonds. The monoisotopic (exact) mass is 325 g/mol. The molecule has 1 fully saturated rings. The van der Waals surface area contributed by atoms with E-state index in [-0.39, 0.29) is 12.4 Å². The van der Waals surface area contributed by atoms with Crippen molar-refractivity contribution < 1.29 is 9.23 Å². The lowest BCUT2D eigenvalue weighted by Gasteiger charge is -2.07. The Hall–Kier alpha value is -2.16. The molecule has 0 saturated heterocycles. The summed E-state index contributed by atoms with van der Waals surface area (Å²) in [5, 5.41) is 4.19. The molecule has 2 atom stereocenters. The molecule has 0 spiro atoms. The minimum absolute atomic E-state index is 0.171. The third-order valence-electron chi connectivity index (χ3n) is 4.74. The molecule has 2 nitrogen and oxygen atoms in total. The maximum absolute atomic E-state index is 13.5. The van der Waals surface area contributed by atoms with Gasteiger partial charge in [-0.15, -0.1) is 0 Å². The standard InChI is InChI=1S/C21H24FNO/c1-14(2)16-8-10-17(11-9-16)20-12-19(20)15(3)23-24-13-18-6-4-5-7-21(18)22/h4-11,14,19-20H,12-13H2,1-3H3/b23-15+. The molecule has 0 aliphatic heterocycles. The van der Waals surface area contributed by atoms with Crippen molar-refractivity contribution >= 4 is 5.71 Å². The highest BCUT2D eigenvalue weighted by atomic mass is 19.1. The van der Waals surface area contributed by atoms with Gasteiger partial charge in [-0.2, -0.15) is 0 Å². The molecule has 0 bridgehead atoms. The first kappa shape index (κ1) is 16.7. The van der Waals surface area contributed by atoms with Crippen molar-refractivity contribution in [3.63, 3.8) is 0 Å². The largest absolute Gasteiger partial charge is 0.391 e. The van der Waals surface area contributed by atoms with Gasteiger partial charge in [-0.25, -0.2) is 4.39 Å². The van der Waals surface area contributed by atoms with Crippen molar-refractivity contribution in [3.05, 3.63) is 71.0 Å². The number of benzene rings is 2. The molecule has 0 heterocycles. The highest BCUT2D eigenvalue weighted by Gasteiger charge is 2.40. The van der Waals surface area contributed by atoms with Crippen LogP contribution in [0.4, 0.5) is 4.39 Å². The quantitative estimate of drug-likeness (QED) is 0.497. The topological polar surface area (TPSA) is 21.6 Å². The first-order valence-electron chi connectivity index (χ1n) is 8.56. The molecule has 1 aliphatic rings. The van der Waals surface area contributed by atoms with Gasteiger partial charge in [0.15, 0.2) is 0 Å². The normalized spacial score (nSPS) is 20.3. The molecule has 126 valence electrons. The molecule has 1 aliphatic carbocycles. The number of oxime groups is 1. The highest BCUT2D eigenvalue weighted by Crippen LogP contribution is 2.48. The maximum atomic E-state index is 13.5. The van der Waals surface area contributed by atoms with E-state index in [2.05, 4.69) is 43.3 Å². The summed E-state index contributed by atoms with van der Waals surface area (Å²) in [6, 6.07) is 15.5. The second-order valence-electron chi connectivity index (χ2n) is 6.87. The van der Waals surface area contributed by atoms with Gasteiger partial charge in [0.1, 0.15) is 12.4 Å². The summed E-state index contributed by atoms with van der Waals surface area (Å²) in [7, 11) is 0. The Morgan fingerprint density at radius 3 is 2.54 bits per heavy atom. The Labute approximate surface area is 143 Å². The summed E-state index contributed by atoms with van der Waals surface area (Å²) < 4.78 is 13.5. The van der Waals surface area contributed by atoms with Gasteiger partial charge < -0.3 is 4.84 Å². The fraction of sp³-hybridized carbons (Fsp3) is 0.381. The van der Waals surface area contributed by atoms with Crippen LogP contribution in [0.15, 0.2) is 53.7 Å². The van der Waals surface area contributed by atoms with Crippen molar-refractivity contribution in [2.75, 3.05) is 0 Å². The summed E-state index contributed by atoms with van der Waals surface area (Å²) in [5.41, 5.74) is 4.26. The number of rotatable bonds is 6. The molecule has 2 aromatic carbocycles. The predicted molar refractivity (Wildman–Crippen MR) is 95.7 cm³/mol. The second-order valence-corrected chi connectivity index (χ2v) is 6.87. The third-order valence-corrected chi connectivity index (χ3v) is 4.74. The van der Waals surface area contributed by atoms with Gasteiger partial charge in [-0.05, 0) is 42.4 Å². The van der Waals surface area contributed by atoms with Crippen LogP contribution < -0.4 is 0 Å². The molecule has 2 aromatic rings. The van der Waals surface area contributed by atoms with E-state index in [1.165, 1.54) is 17.2 Å². The summed E-state index contributed by atoms with van der Waals surface area (Å²) in [6.45, 7) is 6.58. The molecule has 3 rings (SSSR count). The average Bonchev–Trinajstić information content (AvgIpc) is 3.37. The van der Waals surface area contributed by atoms with Crippen LogP contribution in [0.2, 0.25) is 0 Å². The van der Waals surface area contributed by atoms with Crippen LogP contribution in [0.3, 0.4) is 0 Å². The molecule has 24 heavy (non-hydrogen) atoms. The van der Waals surface area contributed by atoms with Crippen molar-refractivity contribution in [1.82, 2.24) is 0 Å². The molecule has 1 saturated carbocycles. The van der Waals surface area contributed by atoms with Crippen molar-refractivity contribution in [3.8, 4) is 0 Å². The lowest BCUT2D eigenvalue weighted by molar-refractivity contribution is 0.127. The summed E-state index contributed by atoms with van der Waals surface area (Å²) in [6.07, 6.45) is 1.11. The van der Waals surface area contributed by atoms with Gasteiger partial charge in [0.25, 0.3) is 0 Å². The Bertz CT molecular complexity index is 721. The minimum atomic E-state index is -0.250. The van der Waals surface area contributed by atoms with E-state index in [4.69, 9.17) is 4.84 Å². The van der Waals surface area contributed by atoms with Gasteiger partial charge in [-0.1, -0.05) is 61.5 Å². The van der Waals surface area contributed by atoms with E-state index >= 15 is 0 Å². The van der Waals surface area contributed by atoms with Crippen LogP contribution in [-0.2, 0) is 11.4 Å². The minimum Gasteiger partial charge on any atom is -0.391 e. The maximum Gasteiger partial charge on any atom is 0.145 e. The first-order valence-corrected chi connectivity index (χ1v) is 8.56. The summed E-state index contributed by atoms with van der Waals surface area (Å²) in [4.78, 5) is 5.35. The predicted octanol–water partition coefficient (Wildman–Crippen LogP) is 5.65. The molecular formula is C21H24FNO. The molecule has 0 N–H and O–H groups in total. The van der Waals surface area contributed by atoms with Gasteiger partial charge >= 0.3 is 0 Å².